The maximum atomic E-state index is 11.8. The smallest absolute Gasteiger partial charge is 0.254 e. The molecule has 0 saturated heterocycles. The summed E-state index contributed by atoms with van der Waals surface area (Å²) in [6.45, 7) is 0. The van der Waals surface area contributed by atoms with Gasteiger partial charge in [0.05, 0.1) is 5.69 Å². The molecule has 0 aliphatic heterocycles. The Balaban J connectivity index is 2.21. The molecule has 0 bridgehead atoms. The molecule has 0 aromatic carbocycles. The molecule has 5 nitrogen and oxygen atoms in total. The van der Waals surface area contributed by atoms with E-state index in [0.29, 0.717) is 5.82 Å². The SMILES string of the molecule is Cn1nccc1-c1nc2c(c(=O)[nH]1)CCC2. The van der Waals surface area contributed by atoms with E-state index in [2.05, 4.69) is 15.1 Å². The van der Waals surface area contributed by atoms with Crippen LogP contribution in [0.15, 0.2) is 17.1 Å². The second kappa shape index (κ2) is 3.30. The summed E-state index contributed by atoms with van der Waals surface area (Å²) in [5.74, 6) is 0.616. The monoisotopic (exact) mass is 216 g/mol. The van der Waals surface area contributed by atoms with Crippen molar-refractivity contribution < 1.29 is 0 Å². The van der Waals surface area contributed by atoms with Crippen molar-refractivity contribution in [3.8, 4) is 11.5 Å². The van der Waals surface area contributed by atoms with E-state index in [0.717, 1.165) is 36.2 Å². The molecule has 0 amide bonds. The van der Waals surface area contributed by atoms with Crippen molar-refractivity contribution in [3.63, 3.8) is 0 Å². The van der Waals surface area contributed by atoms with Gasteiger partial charge >= 0.3 is 0 Å². The van der Waals surface area contributed by atoms with E-state index in [1.165, 1.54) is 0 Å². The molecule has 16 heavy (non-hydrogen) atoms. The van der Waals surface area contributed by atoms with E-state index in [1.807, 2.05) is 13.1 Å². The minimum absolute atomic E-state index is 0.00120. The number of aromatic amines is 1. The molecule has 1 aliphatic carbocycles. The van der Waals surface area contributed by atoms with Crippen LogP contribution in [0, 0.1) is 0 Å². The Morgan fingerprint density at radius 3 is 3.06 bits per heavy atom. The normalized spacial score (nSPS) is 14.1. The Bertz CT molecular complexity index is 596. The second-order valence-corrected chi connectivity index (χ2v) is 4.03. The molecule has 0 fully saturated rings. The highest BCUT2D eigenvalue weighted by atomic mass is 16.1. The fourth-order valence-corrected chi connectivity index (χ4v) is 2.17. The van der Waals surface area contributed by atoms with Crippen molar-refractivity contribution in [2.24, 2.45) is 7.05 Å². The molecule has 3 rings (SSSR count). The number of aromatic nitrogens is 4. The molecule has 2 aromatic heterocycles. The van der Waals surface area contributed by atoms with Crippen molar-refractivity contribution >= 4 is 0 Å². The third kappa shape index (κ3) is 1.28. The Morgan fingerprint density at radius 2 is 2.31 bits per heavy atom. The lowest BCUT2D eigenvalue weighted by Crippen LogP contribution is -2.16. The molecule has 1 N–H and O–H groups in total. The minimum atomic E-state index is -0.00120. The fourth-order valence-electron chi connectivity index (χ4n) is 2.17. The lowest BCUT2D eigenvalue weighted by molar-refractivity contribution is 0.768. The summed E-state index contributed by atoms with van der Waals surface area (Å²) < 4.78 is 1.71. The number of hydrogen-bond acceptors (Lipinski definition) is 3. The van der Waals surface area contributed by atoms with Gasteiger partial charge in [-0.05, 0) is 25.3 Å². The molecule has 0 unspecified atom stereocenters. The number of aryl methyl sites for hydroxylation is 2. The van der Waals surface area contributed by atoms with Crippen molar-refractivity contribution in [1.29, 1.82) is 0 Å². The van der Waals surface area contributed by atoms with Crippen LogP contribution in [0.2, 0.25) is 0 Å². The van der Waals surface area contributed by atoms with Crippen LogP contribution in [0.25, 0.3) is 11.5 Å². The van der Waals surface area contributed by atoms with Crippen molar-refractivity contribution in [3.05, 3.63) is 33.9 Å². The summed E-state index contributed by atoms with van der Waals surface area (Å²) in [5, 5.41) is 4.07. The first-order valence-electron chi connectivity index (χ1n) is 5.36. The lowest BCUT2D eigenvalue weighted by Gasteiger charge is -2.03. The number of H-pyrrole nitrogens is 1. The number of nitrogens with zero attached hydrogens (tertiary/aromatic N) is 3. The number of rotatable bonds is 1. The van der Waals surface area contributed by atoms with Crippen LogP contribution in [0.4, 0.5) is 0 Å². The van der Waals surface area contributed by atoms with Gasteiger partial charge in [0.2, 0.25) is 0 Å². The molecule has 1 aliphatic rings. The highest BCUT2D eigenvalue weighted by Crippen LogP contribution is 2.19. The molecular formula is C11H12N4O. The summed E-state index contributed by atoms with van der Waals surface area (Å²) in [6.07, 6.45) is 4.48. The third-order valence-electron chi connectivity index (χ3n) is 3.01. The third-order valence-corrected chi connectivity index (χ3v) is 3.01. The Kier molecular flexibility index (Phi) is 1.92. The fraction of sp³-hybridized carbons (Fsp3) is 0.364. The van der Waals surface area contributed by atoms with Gasteiger partial charge in [-0.1, -0.05) is 0 Å². The molecule has 5 heteroatoms. The molecule has 2 heterocycles. The molecule has 0 radical (unpaired) electrons. The van der Waals surface area contributed by atoms with Crippen LogP contribution >= 0.6 is 0 Å². The van der Waals surface area contributed by atoms with Gasteiger partial charge in [-0.25, -0.2) is 4.98 Å². The molecule has 2 aromatic rings. The Labute approximate surface area is 92.2 Å². The predicted octanol–water partition coefficient (Wildman–Crippen LogP) is 0.659. The zero-order valence-electron chi connectivity index (χ0n) is 9.03. The molecule has 0 spiro atoms. The predicted molar refractivity (Wildman–Crippen MR) is 59.1 cm³/mol. The van der Waals surface area contributed by atoms with Gasteiger partial charge in [-0.3, -0.25) is 9.48 Å². The van der Waals surface area contributed by atoms with Crippen LogP contribution in [0.1, 0.15) is 17.7 Å². The van der Waals surface area contributed by atoms with Gasteiger partial charge in [0.1, 0.15) is 5.69 Å². The van der Waals surface area contributed by atoms with Gasteiger partial charge < -0.3 is 4.98 Å². The summed E-state index contributed by atoms with van der Waals surface area (Å²) in [7, 11) is 1.84. The minimum Gasteiger partial charge on any atom is -0.305 e. The van der Waals surface area contributed by atoms with Crippen LogP contribution < -0.4 is 5.56 Å². The van der Waals surface area contributed by atoms with E-state index < -0.39 is 0 Å². The standard InChI is InChI=1S/C11H12N4O/c1-15-9(5-6-12-15)10-13-8-4-2-3-7(8)11(16)14-10/h5-6H,2-4H2,1H3,(H,13,14,16). The van der Waals surface area contributed by atoms with Crippen LogP contribution in [0.5, 0.6) is 0 Å². The van der Waals surface area contributed by atoms with E-state index in [-0.39, 0.29) is 5.56 Å². The first-order chi connectivity index (χ1) is 7.75. The first-order valence-corrected chi connectivity index (χ1v) is 5.36. The van der Waals surface area contributed by atoms with E-state index in [4.69, 9.17) is 0 Å². The zero-order valence-corrected chi connectivity index (χ0v) is 9.03. The summed E-state index contributed by atoms with van der Waals surface area (Å²) >= 11 is 0. The van der Waals surface area contributed by atoms with Crippen molar-refractivity contribution in [2.75, 3.05) is 0 Å². The van der Waals surface area contributed by atoms with Gasteiger partial charge in [-0.2, -0.15) is 5.10 Å². The van der Waals surface area contributed by atoms with Gasteiger partial charge in [0.15, 0.2) is 5.82 Å². The molecule has 82 valence electrons. The second-order valence-electron chi connectivity index (χ2n) is 4.03. The van der Waals surface area contributed by atoms with Crippen LogP contribution in [0.3, 0.4) is 0 Å². The molecular weight excluding hydrogens is 204 g/mol. The highest BCUT2D eigenvalue weighted by Gasteiger charge is 2.18. The average molecular weight is 216 g/mol. The summed E-state index contributed by atoms with van der Waals surface area (Å²) in [4.78, 5) is 19.1. The van der Waals surface area contributed by atoms with E-state index in [1.54, 1.807) is 10.9 Å². The number of nitrogens with one attached hydrogen (secondary N) is 1. The lowest BCUT2D eigenvalue weighted by atomic mass is 10.2. The first kappa shape index (κ1) is 9.33. The maximum absolute atomic E-state index is 11.8. The van der Waals surface area contributed by atoms with Crippen LogP contribution in [-0.2, 0) is 19.9 Å². The number of hydrogen-bond donors (Lipinski definition) is 1. The van der Waals surface area contributed by atoms with Gasteiger partial charge in [0.25, 0.3) is 5.56 Å². The van der Waals surface area contributed by atoms with Gasteiger partial charge in [-0.15, -0.1) is 0 Å². The van der Waals surface area contributed by atoms with Crippen molar-refractivity contribution in [1.82, 2.24) is 19.7 Å². The quantitative estimate of drug-likeness (QED) is 0.761. The molecule has 0 atom stereocenters. The largest absolute Gasteiger partial charge is 0.305 e. The van der Waals surface area contributed by atoms with Crippen molar-refractivity contribution in [2.45, 2.75) is 19.3 Å². The Morgan fingerprint density at radius 1 is 1.44 bits per heavy atom. The van der Waals surface area contributed by atoms with Gasteiger partial charge in [0, 0.05) is 18.8 Å². The van der Waals surface area contributed by atoms with E-state index in [9.17, 15) is 4.79 Å². The Hall–Kier alpha value is -1.91. The summed E-state index contributed by atoms with van der Waals surface area (Å²) in [5.41, 5.74) is 2.64. The average Bonchev–Trinajstić information content (AvgIpc) is 2.85. The summed E-state index contributed by atoms with van der Waals surface area (Å²) in [6, 6.07) is 1.85. The molecule has 0 saturated carbocycles. The number of fused-ring (bicyclic) bond motifs is 1. The maximum Gasteiger partial charge on any atom is 0.254 e. The topological polar surface area (TPSA) is 63.6 Å². The van der Waals surface area contributed by atoms with E-state index >= 15 is 0 Å². The highest BCUT2D eigenvalue weighted by molar-refractivity contribution is 5.49. The zero-order chi connectivity index (χ0) is 11.1. The van der Waals surface area contributed by atoms with Crippen LogP contribution in [-0.4, -0.2) is 19.7 Å².